The van der Waals surface area contributed by atoms with Gasteiger partial charge in [0.1, 0.15) is 0 Å². The summed E-state index contributed by atoms with van der Waals surface area (Å²) in [6, 6.07) is 8.50. The van der Waals surface area contributed by atoms with Crippen LogP contribution in [0.3, 0.4) is 0 Å². The molecule has 1 atom stereocenters. The Bertz CT molecular complexity index is 321. The minimum atomic E-state index is -0.0825. The van der Waals surface area contributed by atoms with E-state index >= 15 is 0 Å². The highest BCUT2D eigenvalue weighted by atomic mass is 127. The molecule has 1 aromatic rings. The first-order valence-electron chi connectivity index (χ1n) is 5.51. The van der Waals surface area contributed by atoms with Gasteiger partial charge in [-0.05, 0) is 67.0 Å². The molecular formula is C13H20INO. The van der Waals surface area contributed by atoms with Crippen LogP contribution in [-0.2, 0) is 4.74 Å². The molecule has 0 fully saturated rings. The summed E-state index contributed by atoms with van der Waals surface area (Å²) in [6.07, 6.45) is 1.91. The number of halogens is 1. The van der Waals surface area contributed by atoms with Gasteiger partial charge in [0.2, 0.25) is 0 Å². The maximum absolute atomic E-state index is 6.15. The summed E-state index contributed by atoms with van der Waals surface area (Å²) in [6.45, 7) is 4.18. The largest absolute Gasteiger partial charge is 0.379 e. The van der Waals surface area contributed by atoms with Crippen molar-refractivity contribution >= 4 is 22.6 Å². The van der Waals surface area contributed by atoms with Crippen LogP contribution in [0.15, 0.2) is 24.3 Å². The molecule has 0 aromatic heterocycles. The number of methoxy groups -OCH3 is 1. The van der Waals surface area contributed by atoms with Crippen molar-refractivity contribution in [2.24, 2.45) is 5.73 Å². The SMILES string of the molecule is COC(C)(C)CCC(N)c1ccc(I)cc1. The molecule has 0 saturated heterocycles. The maximum Gasteiger partial charge on any atom is 0.0623 e. The number of ether oxygens (including phenoxy) is 1. The molecule has 1 rings (SSSR count). The smallest absolute Gasteiger partial charge is 0.0623 e. The molecule has 3 heteroatoms. The molecule has 90 valence electrons. The molecule has 0 bridgehead atoms. The monoisotopic (exact) mass is 333 g/mol. The van der Waals surface area contributed by atoms with E-state index in [1.807, 2.05) is 0 Å². The summed E-state index contributed by atoms with van der Waals surface area (Å²) < 4.78 is 6.63. The average Bonchev–Trinajstić information content (AvgIpc) is 2.27. The van der Waals surface area contributed by atoms with Crippen molar-refractivity contribution in [3.05, 3.63) is 33.4 Å². The predicted molar refractivity (Wildman–Crippen MR) is 76.4 cm³/mol. The number of benzene rings is 1. The molecule has 0 saturated carbocycles. The van der Waals surface area contributed by atoms with Gasteiger partial charge in [-0.3, -0.25) is 0 Å². The second-order valence-electron chi connectivity index (χ2n) is 4.66. The van der Waals surface area contributed by atoms with E-state index in [1.165, 1.54) is 9.13 Å². The Morgan fingerprint density at radius 1 is 1.31 bits per heavy atom. The van der Waals surface area contributed by atoms with Crippen molar-refractivity contribution in [2.45, 2.75) is 38.3 Å². The second kappa shape index (κ2) is 5.98. The van der Waals surface area contributed by atoms with Crippen LogP contribution in [-0.4, -0.2) is 12.7 Å². The van der Waals surface area contributed by atoms with Crippen LogP contribution < -0.4 is 5.73 Å². The summed E-state index contributed by atoms with van der Waals surface area (Å²) in [7, 11) is 1.75. The van der Waals surface area contributed by atoms with Crippen molar-refractivity contribution in [3.63, 3.8) is 0 Å². The van der Waals surface area contributed by atoms with Gasteiger partial charge in [0.25, 0.3) is 0 Å². The standard InChI is InChI=1S/C13H20INO/c1-13(2,16-3)9-8-12(15)10-4-6-11(14)7-5-10/h4-7,12H,8-9,15H2,1-3H3. The normalized spacial score (nSPS) is 13.8. The first kappa shape index (κ1) is 13.9. The van der Waals surface area contributed by atoms with Crippen LogP contribution in [0.2, 0.25) is 0 Å². The van der Waals surface area contributed by atoms with Crippen LogP contribution in [0.1, 0.15) is 38.3 Å². The third kappa shape index (κ3) is 4.39. The van der Waals surface area contributed by atoms with Gasteiger partial charge < -0.3 is 10.5 Å². The zero-order valence-electron chi connectivity index (χ0n) is 10.2. The minimum Gasteiger partial charge on any atom is -0.379 e. The van der Waals surface area contributed by atoms with Crippen molar-refractivity contribution in [2.75, 3.05) is 7.11 Å². The number of nitrogens with two attached hydrogens (primary N) is 1. The Hall–Kier alpha value is -0.130. The van der Waals surface area contributed by atoms with Gasteiger partial charge in [0.05, 0.1) is 5.60 Å². The van der Waals surface area contributed by atoms with E-state index in [0.29, 0.717) is 0 Å². The van der Waals surface area contributed by atoms with Crippen molar-refractivity contribution in [1.82, 2.24) is 0 Å². The molecule has 0 heterocycles. The third-order valence-electron chi connectivity index (χ3n) is 2.91. The highest BCUT2D eigenvalue weighted by Gasteiger charge is 2.18. The Balaban J connectivity index is 2.53. The summed E-state index contributed by atoms with van der Waals surface area (Å²) in [5.74, 6) is 0. The van der Waals surface area contributed by atoms with Gasteiger partial charge in [-0.1, -0.05) is 12.1 Å². The Morgan fingerprint density at radius 2 is 1.88 bits per heavy atom. The van der Waals surface area contributed by atoms with Crippen molar-refractivity contribution in [1.29, 1.82) is 0 Å². The van der Waals surface area contributed by atoms with E-state index in [9.17, 15) is 0 Å². The average molecular weight is 333 g/mol. The zero-order valence-corrected chi connectivity index (χ0v) is 12.3. The lowest BCUT2D eigenvalue weighted by Crippen LogP contribution is -2.24. The van der Waals surface area contributed by atoms with Crippen LogP contribution in [0, 0.1) is 3.57 Å². The molecule has 2 nitrogen and oxygen atoms in total. The highest BCUT2D eigenvalue weighted by Crippen LogP contribution is 2.23. The van der Waals surface area contributed by atoms with Gasteiger partial charge in [-0.25, -0.2) is 0 Å². The van der Waals surface area contributed by atoms with E-state index < -0.39 is 0 Å². The lowest BCUT2D eigenvalue weighted by Gasteiger charge is -2.24. The highest BCUT2D eigenvalue weighted by molar-refractivity contribution is 14.1. The fourth-order valence-corrected chi connectivity index (χ4v) is 1.84. The Kier molecular flexibility index (Phi) is 5.21. The predicted octanol–water partition coefficient (Wildman–Crippen LogP) is 3.50. The number of rotatable bonds is 5. The Morgan fingerprint density at radius 3 is 2.38 bits per heavy atom. The van der Waals surface area contributed by atoms with Crippen molar-refractivity contribution < 1.29 is 4.74 Å². The van der Waals surface area contributed by atoms with Gasteiger partial charge in [0, 0.05) is 16.7 Å². The molecule has 0 aliphatic heterocycles. The van der Waals surface area contributed by atoms with Crippen LogP contribution >= 0.6 is 22.6 Å². The first-order chi connectivity index (χ1) is 7.44. The minimum absolute atomic E-state index is 0.0825. The number of hydrogen-bond acceptors (Lipinski definition) is 2. The molecule has 2 N–H and O–H groups in total. The molecule has 0 spiro atoms. The summed E-state index contributed by atoms with van der Waals surface area (Å²) in [4.78, 5) is 0. The van der Waals surface area contributed by atoms with Gasteiger partial charge in [-0.2, -0.15) is 0 Å². The molecule has 16 heavy (non-hydrogen) atoms. The first-order valence-corrected chi connectivity index (χ1v) is 6.59. The van der Waals surface area contributed by atoms with Crippen molar-refractivity contribution in [3.8, 4) is 0 Å². The van der Waals surface area contributed by atoms with E-state index in [2.05, 4.69) is 60.7 Å². The third-order valence-corrected chi connectivity index (χ3v) is 3.63. The second-order valence-corrected chi connectivity index (χ2v) is 5.91. The quantitative estimate of drug-likeness (QED) is 0.837. The molecular weight excluding hydrogens is 313 g/mol. The number of hydrogen-bond donors (Lipinski definition) is 1. The molecule has 0 amide bonds. The zero-order chi connectivity index (χ0) is 12.2. The van der Waals surface area contributed by atoms with Crippen LogP contribution in [0.4, 0.5) is 0 Å². The van der Waals surface area contributed by atoms with Gasteiger partial charge in [0.15, 0.2) is 0 Å². The summed E-state index contributed by atoms with van der Waals surface area (Å²) >= 11 is 2.30. The lowest BCUT2D eigenvalue weighted by atomic mass is 9.95. The molecule has 0 aliphatic rings. The van der Waals surface area contributed by atoms with Gasteiger partial charge in [-0.15, -0.1) is 0 Å². The van der Waals surface area contributed by atoms with E-state index in [0.717, 1.165) is 12.8 Å². The molecule has 0 aliphatic carbocycles. The summed E-state index contributed by atoms with van der Waals surface area (Å²) in [5.41, 5.74) is 7.27. The topological polar surface area (TPSA) is 35.2 Å². The van der Waals surface area contributed by atoms with Crippen LogP contribution in [0.25, 0.3) is 0 Å². The van der Waals surface area contributed by atoms with Gasteiger partial charge >= 0.3 is 0 Å². The van der Waals surface area contributed by atoms with E-state index in [-0.39, 0.29) is 11.6 Å². The van der Waals surface area contributed by atoms with Crippen LogP contribution in [0.5, 0.6) is 0 Å². The van der Waals surface area contributed by atoms with E-state index in [4.69, 9.17) is 10.5 Å². The lowest BCUT2D eigenvalue weighted by molar-refractivity contribution is 0.0125. The summed E-state index contributed by atoms with van der Waals surface area (Å²) in [5, 5.41) is 0. The Labute approximate surface area is 112 Å². The maximum atomic E-state index is 6.15. The van der Waals surface area contributed by atoms with E-state index in [1.54, 1.807) is 7.11 Å². The molecule has 1 aromatic carbocycles. The molecule has 1 unspecified atom stereocenters. The fraction of sp³-hybridized carbons (Fsp3) is 0.538. The molecule has 0 radical (unpaired) electrons. The fourth-order valence-electron chi connectivity index (χ4n) is 1.48.